The second kappa shape index (κ2) is 6.46. The van der Waals surface area contributed by atoms with Crippen molar-refractivity contribution >= 4 is 28.9 Å². The van der Waals surface area contributed by atoms with Crippen molar-refractivity contribution in [2.24, 2.45) is 0 Å². The van der Waals surface area contributed by atoms with Gasteiger partial charge in [-0.25, -0.2) is 0 Å². The van der Waals surface area contributed by atoms with Crippen LogP contribution in [0.15, 0.2) is 12.1 Å². The summed E-state index contributed by atoms with van der Waals surface area (Å²) < 4.78 is 0. The molecule has 1 atom stereocenters. The fraction of sp³-hybridized carbons (Fsp3) is 0.533. The zero-order chi connectivity index (χ0) is 14.7. The molecular weight excluding hydrogens is 274 g/mol. The molecule has 1 amide bonds. The molecule has 2 rings (SSSR count). The van der Waals surface area contributed by atoms with E-state index in [0.717, 1.165) is 29.9 Å². The van der Waals surface area contributed by atoms with Gasteiger partial charge >= 0.3 is 0 Å². The smallest absolute Gasteiger partial charge is 0.246 e. The second-order valence-electron chi connectivity index (χ2n) is 5.23. The minimum atomic E-state index is -0.304. The summed E-state index contributed by atoms with van der Waals surface area (Å²) in [4.78, 5) is 14.0. The van der Waals surface area contributed by atoms with Crippen molar-refractivity contribution in [1.82, 2.24) is 5.32 Å². The number of likely N-dealkylation sites (N-methyl/N-ethyl adjacent to an activating group) is 1. The standard InChI is InChI=1S/C15H22ClN3O/c1-4-5-6-7-19(3)13-9-12-10(8-11(13)16)14(17-2)15(20)18-12/h8-9,14,17H,4-7H2,1-3H3,(H,18,20). The highest BCUT2D eigenvalue weighted by molar-refractivity contribution is 6.33. The molecule has 5 heteroatoms. The average Bonchev–Trinajstić information content (AvgIpc) is 2.72. The van der Waals surface area contributed by atoms with E-state index in [1.165, 1.54) is 12.8 Å². The number of unbranched alkanes of at least 4 members (excludes halogenated alkanes) is 2. The van der Waals surface area contributed by atoms with Crippen molar-refractivity contribution < 1.29 is 4.79 Å². The first-order valence-electron chi connectivity index (χ1n) is 7.11. The van der Waals surface area contributed by atoms with Crippen LogP contribution < -0.4 is 15.5 Å². The monoisotopic (exact) mass is 295 g/mol. The molecule has 0 saturated heterocycles. The van der Waals surface area contributed by atoms with Gasteiger partial charge in [-0.2, -0.15) is 0 Å². The highest BCUT2D eigenvalue weighted by Crippen LogP contribution is 2.38. The summed E-state index contributed by atoms with van der Waals surface area (Å²) in [6.07, 6.45) is 3.56. The molecule has 1 unspecified atom stereocenters. The molecule has 1 heterocycles. The molecule has 2 N–H and O–H groups in total. The number of nitrogens with zero attached hydrogens (tertiary/aromatic N) is 1. The first-order valence-corrected chi connectivity index (χ1v) is 7.49. The van der Waals surface area contributed by atoms with Crippen LogP contribution in [-0.2, 0) is 4.79 Å². The number of halogens is 1. The number of fused-ring (bicyclic) bond motifs is 1. The zero-order valence-corrected chi connectivity index (χ0v) is 13.0. The molecule has 1 aliphatic heterocycles. The van der Waals surface area contributed by atoms with Crippen molar-refractivity contribution in [1.29, 1.82) is 0 Å². The predicted molar refractivity (Wildman–Crippen MR) is 84.7 cm³/mol. The molecule has 0 fully saturated rings. The minimum Gasteiger partial charge on any atom is -0.373 e. The van der Waals surface area contributed by atoms with Gasteiger partial charge in [0.1, 0.15) is 6.04 Å². The molecule has 0 spiro atoms. The van der Waals surface area contributed by atoms with Gasteiger partial charge in [0, 0.05) is 24.8 Å². The topological polar surface area (TPSA) is 44.4 Å². The van der Waals surface area contributed by atoms with E-state index in [1.54, 1.807) is 7.05 Å². The number of carbonyl (C=O) groups is 1. The van der Waals surface area contributed by atoms with E-state index in [1.807, 2.05) is 19.2 Å². The van der Waals surface area contributed by atoms with E-state index in [-0.39, 0.29) is 11.9 Å². The Kier molecular flexibility index (Phi) is 4.89. The van der Waals surface area contributed by atoms with Crippen molar-refractivity contribution in [3.8, 4) is 0 Å². The Morgan fingerprint density at radius 2 is 2.15 bits per heavy atom. The molecule has 1 aromatic carbocycles. The van der Waals surface area contributed by atoms with E-state index >= 15 is 0 Å². The summed E-state index contributed by atoms with van der Waals surface area (Å²) in [7, 11) is 3.81. The predicted octanol–water partition coefficient (Wildman–Crippen LogP) is 3.18. The lowest BCUT2D eigenvalue weighted by molar-refractivity contribution is -0.117. The van der Waals surface area contributed by atoms with Gasteiger partial charge in [-0.15, -0.1) is 0 Å². The van der Waals surface area contributed by atoms with Crippen LogP contribution in [0.1, 0.15) is 37.8 Å². The number of nitrogens with one attached hydrogen (secondary N) is 2. The van der Waals surface area contributed by atoms with E-state index < -0.39 is 0 Å². The maximum atomic E-state index is 11.8. The summed E-state index contributed by atoms with van der Waals surface area (Å²) in [6, 6.07) is 3.56. The molecule has 1 aromatic rings. The summed E-state index contributed by atoms with van der Waals surface area (Å²) >= 11 is 6.38. The Morgan fingerprint density at radius 1 is 1.40 bits per heavy atom. The molecule has 0 aliphatic carbocycles. The van der Waals surface area contributed by atoms with Crippen molar-refractivity contribution in [2.75, 3.05) is 30.9 Å². The van der Waals surface area contributed by atoms with E-state index in [9.17, 15) is 4.79 Å². The van der Waals surface area contributed by atoms with Crippen molar-refractivity contribution in [3.05, 3.63) is 22.7 Å². The number of benzene rings is 1. The number of rotatable bonds is 6. The molecular formula is C15H22ClN3O. The Balaban J connectivity index is 2.21. The third-order valence-electron chi connectivity index (χ3n) is 3.75. The highest BCUT2D eigenvalue weighted by atomic mass is 35.5. The molecule has 0 radical (unpaired) electrons. The van der Waals surface area contributed by atoms with Gasteiger partial charge in [-0.05, 0) is 25.6 Å². The summed E-state index contributed by atoms with van der Waals surface area (Å²) in [6.45, 7) is 3.16. The van der Waals surface area contributed by atoms with Crippen LogP contribution in [0.3, 0.4) is 0 Å². The normalized spacial score (nSPS) is 17.0. The molecule has 0 bridgehead atoms. The summed E-state index contributed by atoms with van der Waals surface area (Å²) in [5.41, 5.74) is 2.75. The zero-order valence-electron chi connectivity index (χ0n) is 12.3. The fourth-order valence-electron chi connectivity index (χ4n) is 2.57. The first kappa shape index (κ1) is 15.1. The molecule has 110 valence electrons. The van der Waals surface area contributed by atoms with Crippen molar-refractivity contribution in [3.63, 3.8) is 0 Å². The number of anilines is 2. The third kappa shape index (κ3) is 2.91. The van der Waals surface area contributed by atoms with Gasteiger partial charge in [0.25, 0.3) is 0 Å². The Bertz CT molecular complexity index is 504. The first-order chi connectivity index (χ1) is 9.58. The molecule has 20 heavy (non-hydrogen) atoms. The average molecular weight is 296 g/mol. The molecule has 1 aliphatic rings. The van der Waals surface area contributed by atoms with Crippen LogP contribution in [-0.4, -0.2) is 26.5 Å². The largest absolute Gasteiger partial charge is 0.373 e. The quantitative estimate of drug-likeness (QED) is 0.792. The highest BCUT2D eigenvalue weighted by Gasteiger charge is 2.30. The Hall–Kier alpha value is -1.26. The number of hydrogen-bond acceptors (Lipinski definition) is 3. The maximum absolute atomic E-state index is 11.8. The minimum absolute atomic E-state index is 0.0237. The van der Waals surface area contributed by atoms with Gasteiger partial charge in [0.05, 0.1) is 10.7 Å². The Morgan fingerprint density at radius 3 is 2.80 bits per heavy atom. The lowest BCUT2D eigenvalue weighted by Crippen LogP contribution is -2.23. The van der Waals surface area contributed by atoms with Gasteiger partial charge in [0.2, 0.25) is 5.91 Å². The van der Waals surface area contributed by atoms with Gasteiger partial charge in [-0.1, -0.05) is 31.4 Å². The maximum Gasteiger partial charge on any atom is 0.246 e. The number of carbonyl (C=O) groups excluding carboxylic acids is 1. The lowest BCUT2D eigenvalue weighted by atomic mass is 10.1. The van der Waals surface area contributed by atoms with E-state index in [0.29, 0.717) is 5.02 Å². The SMILES string of the molecule is CCCCCN(C)c1cc2c(cc1Cl)C(NC)C(=O)N2. The summed E-state index contributed by atoms with van der Waals surface area (Å²) in [5, 5.41) is 6.60. The van der Waals surface area contributed by atoms with Gasteiger partial charge < -0.3 is 15.5 Å². The number of hydrogen-bond donors (Lipinski definition) is 2. The summed E-state index contributed by atoms with van der Waals surface area (Å²) in [5.74, 6) is -0.0237. The molecule has 0 aromatic heterocycles. The van der Waals surface area contributed by atoms with E-state index in [4.69, 9.17) is 11.6 Å². The van der Waals surface area contributed by atoms with E-state index in [2.05, 4.69) is 22.5 Å². The van der Waals surface area contributed by atoms with Crippen LogP contribution in [0, 0.1) is 0 Å². The van der Waals surface area contributed by atoms with Gasteiger partial charge in [-0.3, -0.25) is 4.79 Å². The number of amides is 1. The van der Waals surface area contributed by atoms with Gasteiger partial charge in [0.15, 0.2) is 0 Å². The molecule has 0 saturated carbocycles. The second-order valence-corrected chi connectivity index (χ2v) is 5.64. The van der Waals surface area contributed by atoms with Crippen LogP contribution >= 0.6 is 11.6 Å². The van der Waals surface area contributed by atoms with Crippen LogP contribution in [0.25, 0.3) is 0 Å². The Labute approximate surface area is 125 Å². The molecule has 4 nitrogen and oxygen atoms in total. The van der Waals surface area contributed by atoms with Crippen LogP contribution in [0.5, 0.6) is 0 Å². The lowest BCUT2D eigenvalue weighted by Gasteiger charge is -2.21. The van der Waals surface area contributed by atoms with Crippen LogP contribution in [0.2, 0.25) is 5.02 Å². The third-order valence-corrected chi connectivity index (χ3v) is 4.05. The fourth-order valence-corrected chi connectivity index (χ4v) is 2.89. The van der Waals surface area contributed by atoms with Crippen molar-refractivity contribution in [2.45, 2.75) is 32.2 Å². The van der Waals surface area contributed by atoms with Crippen LogP contribution in [0.4, 0.5) is 11.4 Å².